The Morgan fingerprint density at radius 3 is 2.52 bits per heavy atom. The maximum atomic E-state index is 13.3. The van der Waals surface area contributed by atoms with Crippen molar-refractivity contribution in [1.29, 1.82) is 0 Å². The molecule has 12 heteroatoms. The number of Topliss-reactive ketones (excluding diaryl/α,β-unsaturated/α-hetero) is 1. The molecule has 0 aliphatic carbocycles. The SMILES string of the molecule is COC1C(=O)N2C(C(=O)c3ccccc3)=C(C)C(Sc3nnnn3C)S(=O)(=O)[C@H]12. The van der Waals surface area contributed by atoms with Gasteiger partial charge in [0.15, 0.2) is 21.3 Å². The number of aromatic nitrogens is 4. The number of β-lactam (4-membered cyclic amide) rings is 1. The van der Waals surface area contributed by atoms with Gasteiger partial charge in [-0.3, -0.25) is 14.5 Å². The molecule has 0 spiro atoms. The highest BCUT2D eigenvalue weighted by molar-refractivity contribution is 8.14. The lowest BCUT2D eigenvalue weighted by Crippen LogP contribution is -2.71. The number of ketones is 1. The Kier molecular flexibility index (Phi) is 4.79. The van der Waals surface area contributed by atoms with Gasteiger partial charge in [0.05, 0.1) is 5.70 Å². The van der Waals surface area contributed by atoms with Crippen LogP contribution in [-0.2, 0) is 26.4 Å². The number of ether oxygens (including phenoxy) is 1. The average Bonchev–Trinajstić information content (AvgIpc) is 3.11. The fraction of sp³-hybridized carbons (Fsp3) is 0.353. The topological polar surface area (TPSA) is 124 Å². The summed E-state index contributed by atoms with van der Waals surface area (Å²) in [5.41, 5.74) is 0.672. The normalized spacial score (nSPS) is 25.6. The number of hydrogen-bond acceptors (Lipinski definition) is 9. The summed E-state index contributed by atoms with van der Waals surface area (Å²) in [7, 11) is -1.07. The van der Waals surface area contributed by atoms with Crippen molar-refractivity contribution in [1.82, 2.24) is 25.1 Å². The number of hydrogen-bond donors (Lipinski definition) is 0. The van der Waals surface area contributed by atoms with Crippen LogP contribution in [0.15, 0.2) is 46.8 Å². The zero-order valence-electron chi connectivity index (χ0n) is 15.7. The van der Waals surface area contributed by atoms with E-state index in [1.165, 1.54) is 11.8 Å². The van der Waals surface area contributed by atoms with E-state index in [0.29, 0.717) is 5.56 Å². The predicted molar refractivity (Wildman–Crippen MR) is 102 cm³/mol. The van der Waals surface area contributed by atoms with Crippen LogP contribution in [0, 0.1) is 0 Å². The molecule has 4 rings (SSSR count). The molecular formula is C17H17N5O5S2. The predicted octanol–water partition coefficient (Wildman–Crippen LogP) is 0.397. The fourth-order valence-electron chi connectivity index (χ4n) is 3.47. The number of fused-ring (bicyclic) bond motifs is 1. The number of amides is 1. The highest BCUT2D eigenvalue weighted by Crippen LogP contribution is 2.46. The first-order valence-electron chi connectivity index (χ1n) is 8.57. The molecule has 1 amide bonds. The molecule has 0 N–H and O–H groups in total. The number of carbonyl (C=O) groups excluding carboxylic acids is 2. The van der Waals surface area contributed by atoms with E-state index >= 15 is 0 Å². The Balaban J connectivity index is 1.87. The second-order valence-electron chi connectivity index (χ2n) is 6.61. The van der Waals surface area contributed by atoms with Crippen molar-refractivity contribution < 1.29 is 22.7 Å². The molecule has 1 fully saturated rings. The second kappa shape index (κ2) is 7.04. The molecule has 3 heterocycles. The first-order chi connectivity index (χ1) is 13.8. The standard InChI is InChI=1S/C17H17N5O5S2/c1-9-11(12(23)10-7-5-4-6-8-10)22-14(24)13(27-3)15(22)29(25,26)16(9)28-17-18-19-20-21(17)2/h4-8,13,15-16H,1-3H3/t13?,15-,16?/m1/s1. The number of methoxy groups -OCH3 is 1. The van der Waals surface area contributed by atoms with E-state index in [2.05, 4.69) is 15.5 Å². The van der Waals surface area contributed by atoms with Crippen molar-refractivity contribution >= 4 is 33.3 Å². The first kappa shape index (κ1) is 19.7. The first-order valence-corrected chi connectivity index (χ1v) is 11.1. The summed E-state index contributed by atoms with van der Waals surface area (Å²) in [6.07, 6.45) is -1.16. The van der Waals surface area contributed by atoms with Gasteiger partial charge in [-0.2, -0.15) is 0 Å². The van der Waals surface area contributed by atoms with Crippen LogP contribution in [0.5, 0.6) is 0 Å². The Morgan fingerprint density at radius 1 is 1.24 bits per heavy atom. The number of carbonyl (C=O) groups is 2. The van der Waals surface area contributed by atoms with Crippen molar-refractivity contribution in [2.75, 3.05) is 7.11 Å². The Labute approximate surface area is 170 Å². The van der Waals surface area contributed by atoms with Gasteiger partial charge in [-0.05, 0) is 22.9 Å². The van der Waals surface area contributed by atoms with E-state index in [9.17, 15) is 18.0 Å². The third kappa shape index (κ3) is 2.90. The van der Waals surface area contributed by atoms with E-state index < -0.39 is 37.6 Å². The van der Waals surface area contributed by atoms with Crippen molar-refractivity contribution in [2.24, 2.45) is 7.05 Å². The van der Waals surface area contributed by atoms with Crippen LogP contribution in [0.1, 0.15) is 17.3 Å². The van der Waals surface area contributed by atoms with Crippen LogP contribution < -0.4 is 0 Å². The minimum Gasteiger partial charge on any atom is -0.368 e. The Hall–Kier alpha value is -2.57. The number of thioether (sulfide) groups is 1. The van der Waals surface area contributed by atoms with Gasteiger partial charge in [-0.15, -0.1) is 5.10 Å². The summed E-state index contributed by atoms with van der Waals surface area (Å²) in [4.78, 5) is 26.9. The highest BCUT2D eigenvalue weighted by Gasteiger charge is 2.63. The summed E-state index contributed by atoms with van der Waals surface area (Å²) in [6, 6.07) is 8.41. The molecule has 1 saturated heterocycles. The number of rotatable bonds is 5. The number of tetrazole rings is 1. The molecular weight excluding hydrogens is 418 g/mol. The third-order valence-corrected chi connectivity index (χ3v) is 9.20. The zero-order valence-corrected chi connectivity index (χ0v) is 17.3. The molecule has 0 radical (unpaired) electrons. The van der Waals surface area contributed by atoms with Crippen molar-refractivity contribution in [3.05, 3.63) is 47.2 Å². The smallest absolute Gasteiger partial charge is 0.260 e. The number of benzene rings is 1. The van der Waals surface area contributed by atoms with E-state index in [1.807, 2.05) is 0 Å². The van der Waals surface area contributed by atoms with Crippen LogP contribution >= 0.6 is 11.8 Å². The maximum absolute atomic E-state index is 13.3. The highest BCUT2D eigenvalue weighted by atomic mass is 32.3. The molecule has 152 valence electrons. The van der Waals surface area contributed by atoms with Crippen LogP contribution in [0.4, 0.5) is 0 Å². The molecule has 2 aliphatic heterocycles. The lowest BCUT2D eigenvalue weighted by atomic mass is 9.99. The van der Waals surface area contributed by atoms with Gasteiger partial charge in [0.2, 0.25) is 10.9 Å². The Bertz CT molecular complexity index is 1130. The summed E-state index contributed by atoms with van der Waals surface area (Å²) in [5, 5.41) is 10.1. The monoisotopic (exact) mass is 435 g/mol. The van der Waals surface area contributed by atoms with Gasteiger partial charge in [0.25, 0.3) is 5.91 Å². The molecule has 29 heavy (non-hydrogen) atoms. The minimum absolute atomic E-state index is 0.0574. The molecule has 0 bridgehead atoms. The summed E-state index contributed by atoms with van der Waals surface area (Å²) >= 11 is 0.918. The molecule has 1 aromatic heterocycles. The summed E-state index contributed by atoms with van der Waals surface area (Å²) in [6.45, 7) is 1.54. The molecule has 2 aliphatic rings. The van der Waals surface area contributed by atoms with Crippen LogP contribution in [0.3, 0.4) is 0 Å². The van der Waals surface area contributed by atoms with Crippen molar-refractivity contribution in [3.8, 4) is 0 Å². The molecule has 2 aromatic rings. The minimum atomic E-state index is -3.93. The zero-order chi connectivity index (χ0) is 20.9. The third-order valence-electron chi connectivity index (χ3n) is 4.90. The van der Waals surface area contributed by atoms with Gasteiger partial charge in [-0.25, -0.2) is 13.1 Å². The van der Waals surface area contributed by atoms with Crippen molar-refractivity contribution in [2.45, 2.75) is 28.1 Å². The van der Waals surface area contributed by atoms with Gasteiger partial charge in [0, 0.05) is 19.7 Å². The molecule has 2 unspecified atom stereocenters. The fourth-order valence-corrected chi connectivity index (χ4v) is 7.29. The lowest BCUT2D eigenvalue weighted by Gasteiger charge is -2.50. The summed E-state index contributed by atoms with van der Waals surface area (Å²) < 4.78 is 32.0. The number of nitrogens with zero attached hydrogens (tertiary/aromatic N) is 5. The second-order valence-corrected chi connectivity index (χ2v) is 10.1. The number of allylic oxidation sites excluding steroid dienone is 1. The lowest BCUT2D eigenvalue weighted by molar-refractivity contribution is -0.158. The maximum Gasteiger partial charge on any atom is 0.260 e. The quantitative estimate of drug-likeness (QED) is 0.485. The van der Waals surface area contributed by atoms with Gasteiger partial charge >= 0.3 is 0 Å². The number of aryl methyl sites for hydroxylation is 1. The van der Waals surface area contributed by atoms with Crippen molar-refractivity contribution in [3.63, 3.8) is 0 Å². The van der Waals surface area contributed by atoms with Gasteiger partial charge in [-0.1, -0.05) is 42.1 Å². The van der Waals surface area contributed by atoms with E-state index in [-0.39, 0.29) is 16.4 Å². The molecule has 0 saturated carbocycles. The van der Waals surface area contributed by atoms with Gasteiger partial charge in [0.1, 0.15) is 4.58 Å². The molecule has 3 atom stereocenters. The van der Waals surface area contributed by atoms with E-state index in [4.69, 9.17) is 4.74 Å². The molecule has 1 aromatic carbocycles. The van der Waals surface area contributed by atoms with Crippen LogP contribution in [0.25, 0.3) is 0 Å². The summed E-state index contributed by atoms with van der Waals surface area (Å²) in [5.74, 6) is -0.976. The number of sulfone groups is 1. The van der Waals surface area contributed by atoms with Crippen LogP contribution in [-0.4, -0.2) is 68.4 Å². The van der Waals surface area contributed by atoms with E-state index in [1.54, 1.807) is 44.3 Å². The van der Waals surface area contributed by atoms with Gasteiger partial charge < -0.3 is 4.74 Å². The molecule has 10 nitrogen and oxygen atoms in total. The average molecular weight is 435 g/mol. The Morgan fingerprint density at radius 2 is 1.93 bits per heavy atom. The van der Waals surface area contributed by atoms with E-state index in [0.717, 1.165) is 16.7 Å². The largest absolute Gasteiger partial charge is 0.368 e. The van der Waals surface area contributed by atoms with Crippen LogP contribution in [0.2, 0.25) is 0 Å².